The van der Waals surface area contributed by atoms with Crippen LogP contribution in [0, 0.1) is 10.1 Å². The van der Waals surface area contributed by atoms with E-state index in [1.807, 2.05) is 0 Å². The van der Waals surface area contributed by atoms with Gasteiger partial charge in [0.05, 0.1) is 4.92 Å². The second kappa shape index (κ2) is 3.99. The Hall–Kier alpha value is -3.02. The number of nitro benzene ring substituents is 1. The number of carbonyl (C=O) groups is 2. The molecule has 2 N–H and O–H groups in total. The highest BCUT2D eigenvalue weighted by Gasteiger charge is 2.31. The Morgan fingerprint density at radius 1 is 0.850 bits per heavy atom. The molecule has 0 saturated heterocycles. The molecule has 0 heterocycles. The molecule has 2 aromatic carbocycles. The van der Waals surface area contributed by atoms with Crippen LogP contribution < -0.4 is 5.73 Å². The summed E-state index contributed by atoms with van der Waals surface area (Å²) < 4.78 is 0. The Bertz CT molecular complexity index is 796. The van der Waals surface area contributed by atoms with Crippen LogP contribution >= 0.6 is 0 Å². The molecule has 1 aliphatic rings. The number of fused-ring (bicyclic) bond motifs is 2. The fraction of sp³-hybridized carbons (Fsp3) is 0. The van der Waals surface area contributed by atoms with Crippen molar-refractivity contribution < 1.29 is 14.5 Å². The average Bonchev–Trinajstić information content (AvgIpc) is 2.44. The molecule has 98 valence electrons. The zero-order chi connectivity index (χ0) is 14.4. The molecular formula is C14H8N2O4. The van der Waals surface area contributed by atoms with Crippen molar-refractivity contribution in [1.82, 2.24) is 0 Å². The standard InChI is InChI=1S/C14H8N2O4/c15-7-1-3-9-11(5-7)13(17)10-4-2-8(16(19)20)6-12(10)14(9)18/h1-6H,15H2. The van der Waals surface area contributed by atoms with Gasteiger partial charge < -0.3 is 5.73 Å². The second-order valence-corrected chi connectivity index (χ2v) is 4.45. The molecule has 0 aromatic heterocycles. The van der Waals surface area contributed by atoms with E-state index in [0.717, 1.165) is 6.07 Å². The minimum absolute atomic E-state index is 0.0569. The van der Waals surface area contributed by atoms with E-state index in [4.69, 9.17) is 5.73 Å². The summed E-state index contributed by atoms with van der Waals surface area (Å²) in [4.78, 5) is 34.8. The number of nitro groups is 1. The first-order valence-electron chi connectivity index (χ1n) is 5.76. The van der Waals surface area contributed by atoms with Crippen molar-refractivity contribution in [3.05, 3.63) is 68.8 Å². The van der Waals surface area contributed by atoms with Crippen LogP contribution in [0.3, 0.4) is 0 Å². The van der Waals surface area contributed by atoms with Crippen molar-refractivity contribution in [2.24, 2.45) is 0 Å². The van der Waals surface area contributed by atoms with E-state index in [0.29, 0.717) is 5.69 Å². The molecule has 20 heavy (non-hydrogen) atoms. The first-order chi connectivity index (χ1) is 9.49. The molecule has 0 saturated carbocycles. The van der Waals surface area contributed by atoms with Crippen molar-refractivity contribution in [2.45, 2.75) is 0 Å². The summed E-state index contributed by atoms with van der Waals surface area (Å²) in [6, 6.07) is 8.08. The zero-order valence-corrected chi connectivity index (χ0v) is 10.1. The minimum Gasteiger partial charge on any atom is -0.399 e. The maximum atomic E-state index is 12.3. The van der Waals surface area contributed by atoms with E-state index in [-0.39, 0.29) is 33.7 Å². The highest BCUT2D eigenvalue weighted by atomic mass is 16.6. The fourth-order valence-electron chi connectivity index (χ4n) is 2.27. The Morgan fingerprint density at radius 3 is 2.00 bits per heavy atom. The van der Waals surface area contributed by atoms with Gasteiger partial charge in [-0.3, -0.25) is 19.7 Å². The summed E-state index contributed by atoms with van der Waals surface area (Å²) in [7, 11) is 0. The maximum Gasteiger partial charge on any atom is 0.270 e. The van der Waals surface area contributed by atoms with E-state index < -0.39 is 10.7 Å². The summed E-state index contributed by atoms with van der Waals surface area (Å²) in [6.07, 6.45) is 0. The fourth-order valence-corrected chi connectivity index (χ4v) is 2.27. The molecule has 6 nitrogen and oxygen atoms in total. The Balaban J connectivity index is 2.26. The van der Waals surface area contributed by atoms with E-state index in [1.165, 1.54) is 30.3 Å². The van der Waals surface area contributed by atoms with Crippen LogP contribution in [0.25, 0.3) is 0 Å². The average molecular weight is 268 g/mol. The zero-order valence-electron chi connectivity index (χ0n) is 10.1. The summed E-state index contributed by atoms with van der Waals surface area (Å²) >= 11 is 0. The highest BCUT2D eigenvalue weighted by molar-refractivity contribution is 6.28. The predicted octanol–water partition coefficient (Wildman–Crippen LogP) is 1.95. The molecule has 0 spiro atoms. The summed E-state index contributed by atoms with van der Waals surface area (Å²) in [5.74, 6) is -0.755. The lowest BCUT2D eigenvalue weighted by Gasteiger charge is -2.17. The van der Waals surface area contributed by atoms with Gasteiger partial charge in [-0.25, -0.2) is 0 Å². The topological polar surface area (TPSA) is 103 Å². The molecule has 3 rings (SSSR count). The number of hydrogen-bond acceptors (Lipinski definition) is 5. The van der Waals surface area contributed by atoms with Crippen LogP contribution in [0.1, 0.15) is 31.8 Å². The van der Waals surface area contributed by atoms with Crippen LogP contribution in [0.4, 0.5) is 11.4 Å². The van der Waals surface area contributed by atoms with Gasteiger partial charge in [0.15, 0.2) is 11.6 Å². The number of rotatable bonds is 1. The van der Waals surface area contributed by atoms with Gasteiger partial charge >= 0.3 is 0 Å². The van der Waals surface area contributed by atoms with Crippen molar-refractivity contribution in [3.8, 4) is 0 Å². The summed E-state index contributed by atoms with van der Waals surface area (Å²) in [6.45, 7) is 0. The molecule has 0 unspecified atom stereocenters. The Kier molecular flexibility index (Phi) is 2.40. The van der Waals surface area contributed by atoms with E-state index in [1.54, 1.807) is 0 Å². The van der Waals surface area contributed by atoms with Gasteiger partial charge in [-0.15, -0.1) is 0 Å². The number of nitrogens with zero attached hydrogens (tertiary/aromatic N) is 1. The largest absolute Gasteiger partial charge is 0.399 e. The molecule has 0 aliphatic heterocycles. The molecule has 0 amide bonds. The molecule has 1 aliphatic carbocycles. The lowest BCUT2D eigenvalue weighted by molar-refractivity contribution is -0.384. The van der Waals surface area contributed by atoms with Gasteiger partial charge in [0.2, 0.25) is 0 Å². The van der Waals surface area contributed by atoms with Crippen molar-refractivity contribution in [3.63, 3.8) is 0 Å². The van der Waals surface area contributed by atoms with Crippen LogP contribution in [0.15, 0.2) is 36.4 Å². The van der Waals surface area contributed by atoms with Crippen molar-refractivity contribution in [1.29, 1.82) is 0 Å². The van der Waals surface area contributed by atoms with E-state index >= 15 is 0 Å². The Labute approximate surface area is 113 Å². The second-order valence-electron chi connectivity index (χ2n) is 4.45. The lowest BCUT2D eigenvalue weighted by atomic mass is 9.83. The number of ketones is 2. The third-order valence-corrected chi connectivity index (χ3v) is 3.24. The summed E-state index contributed by atoms with van der Waals surface area (Å²) in [5, 5.41) is 10.8. The van der Waals surface area contributed by atoms with Crippen molar-refractivity contribution >= 4 is 22.9 Å². The predicted molar refractivity (Wildman–Crippen MR) is 70.8 cm³/mol. The first-order valence-corrected chi connectivity index (χ1v) is 5.76. The molecule has 0 fully saturated rings. The number of hydrogen-bond donors (Lipinski definition) is 1. The van der Waals surface area contributed by atoms with Gasteiger partial charge in [-0.2, -0.15) is 0 Å². The third-order valence-electron chi connectivity index (χ3n) is 3.24. The monoisotopic (exact) mass is 268 g/mol. The van der Waals surface area contributed by atoms with E-state index in [9.17, 15) is 19.7 Å². The molecule has 0 radical (unpaired) electrons. The number of carbonyl (C=O) groups excluding carboxylic acids is 2. The molecule has 6 heteroatoms. The number of benzene rings is 2. The number of non-ortho nitro benzene ring substituents is 1. The molecule has 0 bridgehead atoms. The minimum atomic E-state index is -0.601. The van der Waals surface area contributed by atoms with Crippen LogP contribution in [0.5, 0.6) is 0 Å². The smallest absolute Gasteiger partial charge is 0.270 e. The maximum absolute atomic E-state index is 12.3. The summed E-state index contributed by atoms with van der Waals surface area (Å²) in [5.41, 5.74) is 6.46. The van der Waals surface area contributed by atoms with Crippen LogP contribution in [0.2, 0.25) is 0 Å². The van der Waals surface area contributed by atoms with Crippen molar-refractivity contribution in [2.75, 3.05) is 5.73 Å². The Morgan fingerprint density at radius 2 is 1.40 bits per heavy atom. The normalized spacial score (nSPS) is 12.8. The number of nitrogens with two attached hydrogens (primary N) is 1. The molecule has 0 atom stereocenters. The van der Waals surface area contributed by atoms with Gasteiger partial charge in [0.1, 0.15) is 0 Å². The van der Waals surface area contributed by atoms with Gasteiger partial charge in [-0.1, -0.05) is 0 Å². The lowest BCUT2D eigenvalue weighted by Crippen LogP contribution is -2.21. The van der Waals surface area contributed by atoms with Gasteiger partial charge in [-0.05, 0) is 24.3 Å². The van der Waals surface area contributed by atoms with E-state index in [2.05, 4.69) is 0 Å². The number of nitrogen functional groups attached to an aromatic ring is 1. The van der Waals surface area contributed by atoms with Gasteiger partial charge in [0.25, 0.3) is 5.69 Å². The van der Waals surface area contributed by atoms with Gasteiger partial charge in [0, 0.05) is 40.1 Å². The third kappa shape index (κ3) is 1.58. The molecule has 2 aromatic rings. The number of anilines is 1. The molecular weight excluding hydrogens is 260 g/mol. The highest BCUT2D eigenvalue weighted by Crippen LogP contribution is 2.30. The van der Waals surface area contributed by atoms with Crippen LogP contribution in [-0.4, -0.2) is 16.5 Å². The van der Waals surface area contributed by atoms with Crippen LogP contribution in [-0.2, 0) is 0 Å². The quantitative estimate of drug-likeness (QED) is 0.412. The first kappa shape index (κ1) is 12.0. The SMILES string of the molecule is Nc1ccc2c(c1)C(=O)c1ccc([N+](=O)[O-])cc1C2=O.